The van der Waals surface area contributed by atoms with Crippen LogP contribution in [0.5, 0.6) is 0 Å². The normalized spacial score (nSPS) is 17.6. The molecule has 0 saturated heterocycles. The zero-order valence-corrected chi connectivity index (χ0v) is 11.8. The van der Waals surface area contributed by atoms with Crippen LogP contribution in [-0.2, 0) is 0 Å². The Morgan fingerprint density at radius 2 is 2.24 bits per heavy atom. The van der Waals surface area contributed by atoms with Gasteiger partial charge in [0.15, 0.2) is 0 Å². The average molecular weight is 252 g/mol. The lowest BCUT2D eigenvalue weighted by atomic mass is 10.1. The lowest BCUT2D eigenvalue weighted by Gasteiger charge is -2.30. The molecular formula is C14H24N2S. The van der Waals surface area contributed by atoms with Gasteiger partial charge in [-0.1, -0.05) is 6.92 Å². The van der Waals surface area contributed by atoms with Gasteiger partial charge in [0.2, 0.25) is 0 Å². The first-order valence-electron chi connectivity index (χ1n) is 6.75. The third-order valence-corrected chi connectivity index (χ3v) is 4.56. The van der Waals surface area contributed by atoms with Crippen LogP contribution < -0.4 is 5.73 Å². The molecule has 0 amide bonds. The van der Waals surface area contributed by atoms with Crippen molar-refractivity contribution in [1.82, 2.24) is 4.90 Å². The van der Waals surface area contributed by atoms with Crippen LogP contribution in [0.15, 0.2) is 12.1 Å². The summed E-state index contributed by atoms with van der Waals surface area (Å²) in [5.74, 6) is 0.941. The molecule has 1 saturated carbocycles. The van der Waals surface area contributed by atoms with Gasteiger partial charge in [0.05, 0.1) is 6.04 Å². The Hall–Kier alpha value is -0.380. The molecule has 0 bridgehead atoms. The van der Waals surface area contributed by atoms with Crippen LogP contribution in [0.3, 0.4) is 0 Å². The summed E-state index contributed by atoms with van der Waals surface area (Å²) in [7, 11) is 0. The molecule has 0 spiro atoms. The fourth-order valence-electron chi connectivity index (χ4n) is 2.37. The van der Waals surface area contributed by atoms with Gasteiger partial charge < -0.3 is 5.73 Å². The largest absolute Gasteiger partial charge is 0.329 e. The minimum atomic E-state index is 0.439. The third-order valence-electron chi connectivity index (χ3n) is 3.45. The number of aryl methyl sites for hydroxylation is 1. The highest BCUT2D eigenvalue weighted by Crippen LogP contribution is 2.34. The van der Waals surface area contributed by atoms with E-state index in [0.717, 1.165) is 12.5 Å². The van der Waals surface area contributed by atoms with Crippen LogP contribution in [0.2, 0.25) is 0 Å². The maximum Gasteiger partial charge on any atom is 0.0564 e. The van der Waals surface area contributed by atoms with Crippen molar-refractivity contribution in [3.8, 4) is 0 Å². The molecule has 1 aliphatic carbocycles. The fourth-order valence-corrected chi connectivity index (χ4v) is 3.40. The highest BCUT2D eigenvalue weighted by molar-refractivity contribution is 7.12. The molecule has 96 valence electrons. The number of hydrogen-bond donors (Lipinski definition) is 1. The van der Waals surface area contributed by atoms with Gasteiger partial charge in [-0.05, 0) is 50.8 Å². The molecule has 2 rings (SSSR count). The topological polar surface area (TPSA) is 29.3 Å². The van der Waals surface area contributed by atoms with E-state index in [2.05, 4.69) is 30.9 Å². The fraction of sp³-hybridized carbons (Fsp3) is 0.714. The van der Waals surface area contributed by atoms with Crippen molar-refractivity contribution in [1.29, 1.82) is 0 Å². The standard InChI is InChI=1S/C14H24N2S/c1-3-8-16(10-12-5-6-12)13(9-15)14-7-4-11(2)17-14/h4,7,12-13H,3,5-6,8-10,15H2,1-2H3. The van der Waals surface area contributed by atoms with Gasteiger partial charge in [-0.2, -0.15) is 0 Å². The first-order chi connectivity index (χ1) is 8.24. The number of thiophene rings is 1. The second kappa shape index (κ2) is 5.98. The minimum absolute atomic E-state index is 0.439. The molecule has 17 heavy (non-hydrogen) atoms. The van der Waals surface area contributed by atoms with Gasteiger partial charge >= 0.3 is 0 Å². The second-order valence-electron chi connectivity index (χ2n) is 5.14. The molecule has 1 aromatic rings. The summed E-state index contributed by atoms with van der Waals surface area (Å²) in [5.41, 5.74) is 6.01. The van der Waals surface area contributed by atoms with Crippen LogP contribution in [0, 0.1) is 12.8 Å². The van der Waals surface area contributed by atoms with E-state index in [-0.39, 0.29) is 0 Å². The maximum atomic E-state index is 6.01. The van der Waals surface area contributed by atoms with E-state index in [1.54, 1.807) is 0 Å². The number of rotatable bonds is 7. The summed E-state index contributed by atoms with van der Waals surface area (Å²) in [4.78, 5) is 5.43. The van der Waals surface area contributed by atoms with Crippen molar-refractivity contribution in [3.63, 3.8) is 0 Å². The highest BCUT2D eigenvalue weighted by Gasteiger charge is 2.28. The molecule has 1 aliphatic rings. The molecule has 1 heterocycles. The molecule has 0 radical (unpaired) electrons. The van der Waals surface area contributed by atoms with E-state index in [4.69, 9.17) is 5.73 Å². The molecule has 0 aliphatic heterocycles. The minimum Gasteiger partial charge on any atom is -0.329 e. The predicted molar refractivity (Wildman–Crippen MR) is 75.4 cm³/mol. The van der Waals surface area contributed by atoms with Crippen molar-refractivity contribution in [2.75, 3.05) is 19.6 Å². The first-order valence-corrected chi connectivity index (χ1v) is 7.56. The maximum absolute atomic E-state index is 6.01. The van der Waals surface area contributed by atoms with Crippen LogP contribution >= 0.6 is 11.3 Å². The van der Waals surface area contributed by atoms with E-state index in [9.17, 15) is 0 Å². The number of nitrogens with zero attached hydrogens (tertiary/aromatic N) is 1. The predicted octanol–water partition coefficient (Wildman–Crippen LogP) is 3.18. The van der Waals surface area contributed by atoms with E-state index in [1.165, 1.54) is 42.1 Å². The van der Waals surface area contributed by atoms with Crippen molar-refractivity contribution in [3.05, 3.63) is 21.9 Å². The summed E-state index contributed by atoms with van der Waals surface area (Å²) >= 11 is 1.90. The molecule has 2 N–H and O–H groups in total. The summed E-state index contributed by atoms with van der Waals surface area (Å²) in [6.07, 6.45) is 4.05. The Morgan fingerprint density at radius 1 is 1.47 bits per heavy atom. The molecule has 3 heteroatoms. The van der Waals surface area contributed by atoms with E-state index >= 15 is 0 Å². The van der Waals surface area contributed by atoms with Crippen molar-refractivity contribution in [2.45, 2.75) is 39.2 Å². The molecular weight excluding hydrogens is 228 g/mol. The Bertz CT molecular complexity index is 344. The smallest absolute Gasteiger partial charge is 0.0564 e. The van der Waals surface area contributed by atoms with Gasteiger partial charge in [-0.3, -0.25) is 4.90 Å². The summed E-state index contributed by atoms with van der Waals surface area (Å²) < 4.78 is 0. The zero-order valence-electron chi connectivity index (χ0n) is 11.0. The van der Waals surface area contributed by atoms with Crippen LogP contribution in [-0.4, -0.2) is 24.5 Å². The van der Waals surface area contributed by atoms with Crippen molar-refractivity contribution in [2.24, 2.45) is 11.7 Å². The summed E-state index contributed by atoms with van der Waals surface area (Å²) in [6, 6.07) is 4.91. The lowest BCUT2D eigenvalue weighted by molar-refractivity contribution is 0.196. The van der Waals surface area contributed by atoms with Crippen LogP contribution in [0.1, 0.15) is 42.0 Å². The Morgan fingerprint density at radius 3 is 2.71 bits per heavy atom. The van der Waals surface area contributed by atoms with Crippen molar-refractivity contribution >= 4 is 11.3 Å². The Labute approximate surface area is 109 Å². The lowest BCUT2D eigenvalue weighted by Crippen LogP contribution is -2.35. The average Bonchev–Trinajstić information content (AvgIpc) is 3.02. The Balaban J connectivity index is 2.06. The summed E-state index contributed by atoms with van der Waals surface area (Å²) in [6.45, 7) is 7.59. The van der Waals surface area contributed by atoms with Gasteiger partial charge in [0.25, 0.3) is 0 Å². The monoisotopic (exact) mass is 252 g/mol. The molecule has 1 atom stereocenters. The van der Waals surface area contributed by atoms with Gasteiger partial charge in [-0.15, -0.1) is 11.3 Å². The highest BCUT2D eigenvalue weighted by atomic mass is 32.1. The third kappa shape index (κ3) is 3.54. The molecule has 1 unspecified atom stereocenters. The Kier molecular flexibility index (Phi) is 4.60. The number of nitrogens with two attached hydrogens (primary N) is 1. The second-order valence-corrected chi connectivity index (χ2v) is 6.46. The van der Waals surface area contributed by atoms with Gasteiger partial charge in [0, 0.05) is 22.8 Å². The first kappa shape index (κ1) is 13.1. The van der Waals surface area contributed by atoms with E-state index in [0.29, 0.717) is 6.04 Å². The molecule has 2 nitrogen and oxygen atoms in total. The van der Waals surface area contributed by atoms with E-state index < -0.39 is 0 Å². The van der Waals surface area contributed by atoms with E-state index in [1.807, 2.05) is 11.3 Å². The van der Waals surface area contributed by atoms with Crippen molar-refractivity contribution < 1.29 is 0 Å². The quantitative estimate of drug-likeness (QED) is 0.807. The van der Waals surface area contributed by atoms with Crippen LogP contribution in [0.25, 0.3) is 0 Å². The van der Waals surface area contributed by atoms with Gasteiger partial charge in [-0.25, -0.2) is 0 Å². The van der Waals surface area contributed by atoms with Crippen LogP contribution in [0.4, 0.5) is 0 Å². The van der Waals surface area contributed by atoms with Gasteiger partial charge in [0.1, 0.15) is 0 Å². The molecule has 1 aromatic heterocycles. The molecule has 1 fully saturated rings. The molecule has 0 aromatic carbocycles. The summed E-state index contributed by atoms with van der Waals surface area (Å²) in [5, 5.41) is 0. The number of hydrogen-bond acceptors (Lipinski definition) is 3. The SMILES string of the molecule is CCCN(CC1CC1)C(CN)c1ccc(C)s1. The zero-order chi connectivity index (χ0) is 12.3.